The van der Waals surface area contributed by atoms with Crippen LogP contribution in [0.15, 0.2) is 27.8 Å². The third-order valence-electron chi connectivity index (χ3n) is 3.95. The predicted octanol–water partition coefficient (Wildman–Crippen LogP) is 3.27. The fourth-order valence-electron chi connectivity index (χ4n) is 2.74. The summed E-state index contributed by atoms with van der Waals surface area (Å²) in [6.07, 6.45) is 4.10. The van der Waals surface area contributed by atoms with Crippen molar-refractivity contribution in [3.63, 3.8) is 0 Å². The van der Waals surface area contributed by atoms with E-state index in [0.29, 0.717) is 29.2 Å². The maximum Gasteiger partial charge on any atom is 0.143 e. The molecule has 1 saturated carbocycles. The Morgan fingerprint density at radius 3 is 2.54 bits per heavy atom. The molecule has 1 aliphatic carbocycles. The molecule has 0 radical (unpaired) electrons. The predicted molar refractivity (Wildman–Crippen MR) is 88.9 cm³/mol. The van der Waals surface area contributed by atoms with Crippen LogP contribution in [0.5, 0.6) is 0 Å². The summed E-state index contributed by atoms with van der Waals surface area (Å²) in [6.45, 7) is 0. The summed E-state index contributed by atoms with van der Waals surface area (Å²) in [5.41, 5.74) is 6.75. The lowest BCUT2D eigenvalue weighted by Gasteiger charge is -2.21. The van der Waals surface area contributed by atoms with Crippen molar-refractivity contribution in [3.05, 3.63) is 29.5 Å². The highest BCUT2D eigenvalue weighted by Crippen LogP contribution is 2.39. The van der Waals surface area contributed by atoms with Crippen LogP contribution in [0.1, 0.15) is 36.8 Å². The third kappa shape index (κ3) is 2.99. The van der Waals surface area contributed by atoms with Crippen LogP contribution in [-0.2, 0) is 4.79 Å². The fraction of sp³-hybridized carbons (Fsp3) is 0.294. The van der Waals surface area contributed by atoms with E-state index in [0.717, 1.165) is 12.8 Å². The van der Waals surface area contributed by atoms with Gasteiger partial charge in [0.1, 0.15) is 40.1 Å². The largest absolute Gasteiger partial charge is 0.464 e. The molecular formula is C17H14N4O2S. The standard InChI is InChI=1S/C17H14N4O2S/c18-8-12-15(14-2-1-7-23-14)13(9-19)17(21-16(12)20)24-11-5-3-10(22)4-6-11/h1-2,7,11H,3-6H2,(H2,20,21). The second-order valence-electron chi connectivity index (χ2n) is 5.48. The van der Waals surface area contributed by atoms with Gasteiger partial charge >= 0.3 is 0 Å². The molecule has 0 amide bonds. The van der Waals surface area contributed by atoms with E-state index in [1.165, 1.54) is 18.0 Å². The molecule has 1 fully saturated rings. The van der Waals surface area contributed by atoms with Crippen molar-refractivity contribution in [2.75, 3.05) is 5.73 Å². The van der Waals surface area contributed by atoms with Crippen LogP contribution in [0.4, 0.5) is 5.82 Å². The number of nitriles is 2. The minimum atomic E-state index is 0.0808. The molecule has 3 rings (SSSR count). The van der Waals surface area contributed by atoms with E-state index in [1.807, 2.05) is 6.07 Å². The van der Waals surface area contributed by atoms with Gasteiger partial charge in [0.05, 0.1) is 17.4 Å². The van der Waals surface area contributed by atoms with Crippen LogP contribution >= 0.6 is 11.8 Å². The van der Waals surface area contributed by atoms with E-state index < -0.39 is 0 Å². The lowest BCUT2D eigenvalue weighted by Crippen LogP contribution is -2.16. The van der Waals surface area contributed by atoms with Crippen molar-refractivity contribution in [1.29, 1.82) is 10.5 Å². The number of aromatic nitrogens is 1. The van der Waals surface area contributed by atoms with Crippen LogP contribution in [0, 0.1) is 22.7 Å². The van der Waals surface area contributed by atoms with E-state index in [2.05, 4.69) is 11.1 Å². The molecule has 0 unspecified atom stereocenters. The quantitative estimate of drug-likeness (QED) is 0.912. The van der Waals surface area contributed by atoms with Crippen molar-refractivity contribution in [1.82, 2.24) is 4.98 Å². The summed E-state index contributed by atoms with van der Waals surface area (Å²) >= 11 is 1.45. The van der Waals surface area contributed by atoms with Gasteiger partial charge in [-0.25, -0.2) is 4.98 Å². The van der Waals surface area contributed by atoms with Crippen molar-refractivity contribution in [2.45, 2.75) is 36.0 Å². The Labute approximate surface area is 143 Å². The van der Waals surface area contributed by atoms with Crippen molar-refractivity contribution < 1.29 is 9.21 Å². The molecule has 0 aliphatic heterocycles. The number of anilines is 1. The molecule has 0 spiro atoms. The molecule has 0 aromatic carbocycles. The number of rotatable bonds is 3. The van der Waals surface area contributed by atoms with Crippen molar-refractivity contribution >= 4 is 23.4 Å². The summed E-state index contributed by atoms with van der Waals surface area (Å²) in [5.74, 6) is 0.770. The number of hydrogen-bond acceptors (Lipinski definition) is 7. The van der Waals surface area contributed by atoms with E-state index in [4.69, 9.17) is 10.2 Å². The average Bonchev–Trinajstić information content (AvgIpc) is 3.10. The Balaban J connectivity index is 2.06. The maximum atomic E-state index is 11.4. The topological polar surface area (TPSA) is 117 Å². The second kappa shape index (κ2) is 6.77. The Morgan fingerprint density at radius 2 is 1.96 bits per heavy atom. The highest BCUT2D eigenvalue weighted by Gasteiger charge is 2.26. The summed E-state index contributed by atoms with van der Waals surface area (Å²) in [7, 11) is 0. The lowest BCUT2D eigenvalue weighted by molar-refractivity contribution is -0.120. The van der Waals surface area contributed by atoms with E-state index in [9.17, 15) is 15.3 Å². The van der Waals surface area contributed by atoms with Crippen molar-refractivity contribution in [3.8, 4) is 23.5 Å². The number of nitrogen functional groups attached to an aromatic ring is 1. The van der Waals surface area contributed by atoms with Crippen LogP contribution in [0.2, 0.25) is 0 Å². The zero-order chi connectivity index (χ0) is 17.1. The van der Waals surface area contributed by atoms with E-state index in [1.54, 1.807) is 12.1 Å². The minimum Gasteiger partial charge on any atom is -0.464 e. The van der Waals surface area contributed by atoms with Gasteiger partial charge in [-0.15, -0.1) is 11.8 Å². The summed E-state index contributed by atoms with van der Waals surface area (Å²) in [5, 5.41) is 19.7. The molecule has 2 N–H and O–H groups in total. The number of hydrogen-bond donors (Lipinski definition) is 1. The maximum absolute atomic E-state index is 11.4. The normalized spacial score (nSPS) is 15.0. The third-order valence-corrected chi connectivity index (χ3v) is 5.28. The summed E-state index contributed by atoms with van der Waals surface area (Å²) < 4.78 is 5.38. The zero-order valence-electron chi connectivity index (χ0n) is 12.8. The first-order chi connectivity index (χ1) is 11.6. The Kier molecular flexibility index (Phi) is 4.54. The van der Waals surface area contributed by atoms with E-state index in [-0.39, 0.29) is 28.0 Å². The number of thioether (sulfide) groups is 1. The first-order valence-electron chi connectivity index (χ1n) is 7.50. The number of Topliss-reactive ketones (excluding diaryl/α,β-unsaturated/α-hetero) is 1. The first-order valence-corrected chi connectivity index (χ1v) is 8.38. The van der Waals surface area contributed by atoms with Gasteiger partial charge in [-0.1, -0.05) is 0 Å². The molecule has 2 aromatic heterocycles. The Hall–Kier alpha value is -2.77. The van der Waals surface area contributed by atoms with Gasteiger partial charge in [0.15, 0.2) is 0 Å². The number of carbonyl (C=O) groups excluding carboxylic acids is 1. The minimum absolute atomic E-state index is 0.0808. The van der Waals surface area contributed by atoms with Crippen LogP contribution in [0.25, 0.3) is 11.3 Å². The highest BCUT2D eigenvalue weighted by molar-refractivity contribution is 7.99. The Bertz CT molecular complexity index is 852. The second-order valence-corrected chi connectivity index (χ2v) is 6.77. The van der Waals surface area contributed by atoms with Gasteiger partial charge in [-0.2, -0.15) is 10.5 Å². The zero-order valence-corrected chi connectivity index (χ0v) is 13.6. The number of carbonyl (C=O) groups is 1. The number of nitrogens with zero attached hydrogens (tertiary/aromatic N) is 3. The molecule has 0 atom stereocenters. The SMILES string of the molecule is N#Cc1c(N)nc(SC2CCC(=O)CC2)c(C#N)c1-c1ccco1. The van der Waals surface area contributed by atoms with Gasteiger partial charge in [0.2, 0.25) is 0 Å². The Morgan fingerprint density at radius 1 is 1.25 bits per heavy atom. The molecule has 0 bridgehead atoms. The molecule has 0 saturated heterocycles. The van der Waals surface area contributed by atoms with E-state index >= 15 is 0 Å². The molecule has 2 aromatic rings. The summed E-state index contributed by atoms with van der Waals surface area (Å²) in [4.78, 5) is 15.7. The summed E-state index contributed by atoms with van der Waals surface area (Å²) in [6, 6.07) is 7.52. The average molecular weight is 338 g/mol. The van der Waals surface area contributed by atoms with Crippen LogP contribution in [-0.4, -0.2) is 16.0 Å². The van der Waals surface area contributed by atoms with Gasteiger partial charge in [0.25, 0.3) is 0 Å². The number of ketones is 1. The van der Waals surface area contributed by atoms with Gasteiger partial charge in [-0.3, -0.25) is 4.79 Å². The molecule has 6 nitrogen and oxygen atoms in total. The molecular weight excluding hydrogens is 324 g/mol. The molecule has 2 heterocycles. The van der Waals surface area contributed by atoms with Gasteiger partial charge < -0.3 is 10.2 Å². The number of nitrogens with two attached hydrogens (primary N) is 1. The smallest absolute Gasteiger partial charge is 0.143 e. The molecule has 1 aliphatic rings. The molecule has 120 valence electrons. The lowest BCUT2D eigenvalue weighted by atomic mass is 9.99. The molecule has 24 heavy (non-hydrogen) atoms. The monoisotopic (exact) mass is 338 g/mol. The van der Waals surface area contributed by atoms with Gasteiger partial charge in [-0.05, 0) is 25.0 Å². The first kappa shape index (κ1) is 16.1. The fourth-order valence-corrected chi connectivity index (χ4v) is 3.94. The van der Waals surface area contributed by atoms with Crippen LogP contribution < -0.4 is 5.73 Å². The number of pyridine rings is 1. The highest BCUT2D eigenvalue weighted by atomic mass is 32.2. The van der Waals surface area contributed by atoms with Crippen LogP contribution in [0.3, 0.4) is 0 Å². The van der Waals surface area contributed by atoms with Crippen molar-refractivity contribution in [2.24, 2.45) is 0 Å². The van der Waals surface area contributed by atoms with Gasteiger partial charge in [0, 0.05) is 18.1 Å². The number of furan rings is 1. The molecule has 7 heteroatoms.